The van der Waals surface area contributed by atoms with Crippen LogP contribution in [0.25, 0.3) is 0 Å². The van der Waals surface area contributed by atoms with E-state index in [1.165, 1.54) is 0 Å². The minimum atomic E-state index is 0.986. The minimum absolute atomic E-state index is 0.986. The maximum absolute atomic E-state index is 4.08. The van der Waals surface area contributed by atoms with Crippen molar-refractivity contribution in [2.24, 2.45) is 0 Å². The fourth-order valence-electron chi connectivity index (χ4n) is 1.08. The highest BCUT2D eigenvalue weighted by Gasteiger charge is 2.10. The first-order chi connectivity index (χ1) is 4.47. The molecule has 0 atom stereocenters. The molecular weight excluding hydrogens is 116 g/mol. The number of fused-ring (bicyclic) bond motifs is 1. The van der Waals surface area contributed by atoms with E-state index in [9.17, 15) is 0 Å². The van der Waals surface area contributed by atoms with Crippen molar-refractivity contribution in [1.29, 1.82) is 0 Å². The van der Waals surface area contributed by atoms with E-state index in [-0.39, 0.29) is 0 Å². The Hall–Kier alpha value is -0.900. The van der Waals surface area contributed by atoms with Gasteiger partial charge in [-0.2, -0.15) is 5.10 Å². The Kier molecular flexibility index (Phi) is 0.989. The summed E-state index contributed by atoms with van der Waals surface area (Å²) in [5.74, 6) is 1.10. The number of rotatable bonds is 0. The molecule has 1 aliphatic heterocycles. The number of nitrogens with zero attached hydrogens (tertiary/aromatic N) is 3. The highest BCUT2D eigenvalue weighted by Crippen LogP contribution is 1.91. The molecule has 1 aromatic heterocycles. The van der Waals surface area contributed by atoms with Crippen LogP contribution in [-0.2, 0) is 13.1 Å². The Morgan fingerprint density at radius 1 is 1.67 bits per heavy atom. The summed E-state index contributed by atoms with van der Waals surface area (Å²) in [7, 11) is 0. The maximum Gasteiger partial charge on any atom is 0.182 e. The summed E-state index contributed by atoms with van der Waals surface area (Å²) < 4.78 is 1.96. The molecular formula is C5H9N4+. The zero-order valence-corrected chi connectivity index (χ0v) is 5.12. The second-order valence-corrected chi connectivity index (χ2v) is 2.18. The smallest absolute Gasteiger partial charge is 0.182 e. The van der Waals surface area contributed by atoms with Crippen molar-refractivity contribution in [1.82, 2.24) is 14.8 Å². The van der Waals surface area contributed by atoms with E-state index >= 15 is 0 Å². The van der Waals surface area contributed by atoms with Gasteiger partial charge in [0.05, 0.1) is 13.1 Å². The fraction of sp³-hybridized carbons (Fsp3) is 0.600. The number of hydrogen-bond donors (Lipinski definition) is 1. The zero-order chi connectivity index (χ0) is 6.10. The third kappa shape index (κ3) is 0.712. The van der Waals surface area contributed by atoms with Gasteiger partial charge in [0, 0.05) is 0 Å². The predicted octanol–water partition coefficient (Wildman–Crippen LogP) is -1.64. The molecule has 0 spiro atoms. The van der Waals surface area contributed by atoms with Crippen molar-refractivity contribution >= 4 is 0 Å². The number of aromatic nitrogens is 3. The molecule has 0 aliphatic carbocycles. The summed E-state index contributed by atoms with van der Waals surface area (Å²) >= 11 is 0. The van der Waals surface area contributed by atoms with E-state index in [1.54, 1.807) is 6.33 Å². The van der Waals surface area contributed by atoms with Crippen LogP contribution in [0.1, 0.15) is 5.82 Å². The molecule has 0 unspecified atom stereocenters. The van der Waals surface area contributed by atoms with E-state index in [1.807, 2.05) is 4.68 Å². The Morgan fingerprint density at radius 3 is 3.56 bits per heavy atom. The van der Waals surface area contributed by atoms with E-state index in [0.717, 1.165) is 25.5 Å². The molecule has 2 heterocycles. The zero-order valence-electron chi connectivity index (χ0n) is 5.12. The van der Waals surface area contributed by atoms with Gasteiger partial charge in [0.2, 0.25) is 0 Å². The summed E-state index contributed by atoms with van der Waals surface area (Å²) in [6.45, 7) is 3.13. The van der Waals surface area contributed by atoms with Crippen LogP contribution >= 0.6 is 0 Å². The topological polar surface area (TPSA) is 47.3 Å². The van der Waals surface area contributed by atoms with Gasteiger partial charge in [-0.05, 0) is 0 Å². The van der Waals surface area contributed by atoms with Gasteiger partial charge >= 0.3 is 0 Å². The first kappa shape index (κ1) is 4.93. The van der Waals surface area contributed by atoms with Crippen LogP contribution in [0.15, 0.2) is 6.33 Å². The van der Waals surface area contributed by atoms with Crippen LogP contribution in [0.5, 0.6) is 0 Å². The van der Waals surface area contributed by atoms with E-state index in [0.29, 0.717) is 0 Å². The molecule has 0 saturated carbocycles. The normalized spacial score (nSPS) is 17.3. The van der Waals surface area contributed by atoms with Crippen molar-refractivity contribution in [2.75, 3.05) is 6.54 Å². The van der Waals surface area contributed by atoms with Crippen molar-refractivity contribution < 1.29 is 5.32 Å². The van der Waals surface area contributed by atoms with Crippen LogP contribution in [0.4, 0.5) is 0 Å². The molecule has 4 nitrogen and oxygen atoms in total. The highest BCUT2D eigenvalue weighted by molar-refractivity contribution is 4.81. The third-order valence-corrected chi connectivity index (χ3v) is 1.57. The summed E-state index contributed by atoms with van der Waals surface area (Å²) in [6.07, 6.45) is 1.62. The van der Waals surface area contributed by atoms with Crippen LogP contribution in [0.3, 0.4) is 0 Å². The molecule has 1 aromatic rings. The monoisotopic (exact) mass is 125 g/mol. The SMILES string of the molecule is c1nc2n(n1)CC[NH2+]C2. The van der Waals surface area contributed by atoms with Gasteiger partial charge < -0.3 is 5.32 Å². The summed E-state index contributed by atoms with van der Waals surface area (Å²) in [6, 6.07) is 0. The van der Waals surface area contributed by atoms with Crippen molar-refractivity contribution in [2.45, 2.75) is 13.1 Å². The molecule has 1 aliphatic rings. The Bertz CT molecular complexity index is 184. The lowest BCUT2D eigenvalue weighted by Crippen LogP contribution is -2.85. The summed E-state index contributed by atoms with van der Waals surface area (Å²) in [5, 5.41) is 6.28. The van der Waals surface area contributed by atoms with Crippen LogP contribution in [-0.4, -0.2) is 21.3 Å². The Morgan fingerprint density at radius 2 is 2.67 bits per heavy atom. The first-order valence-corrected chi connectivity index (χ1v) is 3.15. The second-order valence-electron chi connectivity index (χ2n) is 2.18. The largest absolute Gasteiger partial charge is 0.338 e. The van der Waals surface area contributed by atoms with Gasteiger partial charge in [-0.1, -0.05) is 0 Å². The van der Waals surface area contributed by atoms with E-state index < -0.39 is 0 Å². The molecule has 4 heteroatoms. The van der Waals surface area contributed by atoms with Gasteiger partial charge in [0.1, 0.15) is 12.9 Å². The summed E-state index contributed by atoms with van der Waals surface area (Å²) in [5.41, 5.74) is 0. The van der Waals surface area contributed by atoms with E-state index in [2.05, 4.69) is 15.4 Å². The van der Waals surface area contributed by atoms with Crippen molar-refractivity contribution in [3.8, 4) is 0 Å². The standard InChI is InChI=1S/C5H8N4/c1-2-9-5(3-6-1)7-4-8-9/h4,6H,1-3H2/p+1. The van der Waals surface area contributed by atoms with Gasteiger partial charge in [-0.15, -0.1) is 0 Å². The minimum Gasteiger partial charge on any atom is -0.338 e. The average molecular weight is 125 g/mol. The number of quaternary nitrogens is 1. The fourth-order valence-corrected chi connectivity index (χ4v) is 1.08. The molecule has 48 valence electrons. The van der Waals surface area contributed by atoms with Gasteiger partial charge in [0.25, 0.3) is 0 Å². The van der Waals surface area contributed by atoms with Gasteiger partial charge in [-0.3, -0.25) is 0 Å². The molecule has 0 radical (unpaired) electrons. The summed E-state index contributed by atoms with van der Waals surface area (Å²) in [4.78, 5) is 4.08. The molecule has 0 bridgehead atoms. The molecule has 0 fully saturated rings. The molecule has 0 saturated heterocycles. The predicted molar refractivity (Wildman–Crippen MR) is 30.5 cm³/mol. The van der Waals surface area contributed by atoms with Crippen molar-refractivity contribution in [3.63, 3.8) is 0 Å². The molecule has 2 N–H and O–H groups in total. The van der Waals surface area contributed by atoms with Gasteiger partial charge in [-0.25, -0.2) is 9.67 Å². The number of nitrogens with two attached hydrogens (primary N) is 1. The molecule has 0 aromatic carbocycles. The van der Waals surface area contributed by atoms with Crippen LogP contribution < -0.4 is 5.32 Å². The molecule has 9 heavy (non-hydrogen) atoms. The molecule has 2 rings (SSSR count). The Balaban J connectivity index is 2.39. The van der Waals surface area contributed by atoms with E-state index in [4.69, 9.17) is 0 Å². The third-order valence-electron chi connectivity index (χ3n) is 1.57. The first-order valence-electron chi connectivity index (χ1n) is 3.15. The highest BCUT2D eigenvalue weighted by atomic mass is 15.4. The Labute approximate surface area is 52.9 Å². The lowest BCUT2D eigenvalue weighted by molar-refractivity contribution is -0.678. The quantitative estimate of drug-likeness (QED) is 0.452. The lowest BCUT2D eigenvalue weighted by Gasteiger charge is -2.09. The van der Waals surface area contributed by atoms with Crippen molar-refractivity contribution in [3.05, 3.63) is 12.2 Å². The van der Waals surface area contributed by atoms with Crippen LogP contribution in [0, 0.1) is 0 Å². The van der Waals surface area contributed by atoms with Gasteiger partial charge in [0.15, 0.2) is 5.82 Å². The second kappa shape index (κ2) is 1.80. The number of hydrogen-bond acceptors (Lipinski definition) is 2. The maximum atomic E-state index is 4.08. The lowest BCUT2D eigenvalue weighted by atomic mass is 10.4. The molecule has 0 amide bonds. The average Bonchev–Trinajstić information content (AvgIpc) is 2.33. The van der Waals surface area contributed by atoms with Crippen LogP contribution in [0.2, 0.25) is 0 Å².